The highest BCUT2D eigenvalue weighted by Crippen LogP contribution is 2.37. The number of imide groups is 1. The van der Waals surface area contributed by atoms with Gasteiger partial charge in [-0.3, -0.25) is 9.59 Å². The van der Waals surface area contributed by atoms with Gasteiger partial charge >= 0.3 is 0 Å². The number of hydrogen-bond donors (Lipinski definition) is 0. The zero-order valence-electron chi connectivity index (χ0n) is 17.2. The molecule has 1 aromatic carbocycles. The Balaban J connectivity index is 2.09. The van der Waals surface area contributed by atoms with Crippen LogP contribution < -0.4 is 4.90 Å². The fraction of sp³-hybridized carbons (Fsp3) is 0.364. The Hall–Kier alpha value is -2.48. The average molecular weight is 415 g/mol. The van der Waals surface area contributed by atoms with Gasteiger partial charge in [0.05, 0.1) is 24.5 Å². The minimum atomic E-state index is -0.310. The van der Waals surface area contributed by atoms with Crippen molar-refractivity contribution in [3.8, 4) is 0 Å². The summed E-state index contributed by atoms with van der Waals surface area (Å²) in [5.41, 5.74) is 3.45. The number of rotatable bonds is 9. The molecule has 1 aromatic heterocycles. The van der Waals surface area contributed by atoms with Gasteiger partial charge in [-0.2, -0.15) is 0 Å². The van der Waals surface area contributed by atoms with Crippen LogP contribution >= 0.6 is 11.3 Å². The van der Waals surface area contributed by atoms with E-state index in [4.69, 9.17) is 9.47 Å². The predicted molar refractivity (Wildman–Crippen MR) is 115 cm³/mol. The van der Waals surface area contributed by atoms with Crippen LogP contribution in [-0.2, 0) is 19.1 Å². The van der Waals surface area contributed by atoms with Crippen LogP contribution in [0, 0.1) is 13.8 Å². The summed E-state index contributed by atoms with van der Waals surface area (Å²) in [7, 11) is 3.24. The van der Waals surface area contributed by atoms with Crippen molar-refractivity contribution in [2.75, 3.05) is 45.4 Å². The zero-order chi connectivity index (χ0) is 21.0. The van der Waals surface area contributed by atoms with E-state index in [0.717, 1.165) is 16.0 Å². The van der Waals surface area contributed by atoms with Gasteiger partial charge in [0.25, 0.3) is 11.8 Å². The van der Waals surface area contributed by atoms with Crippen molar-refractivity contribution in [1.82, 2.24) is 4.90 Å². The first kappa shape index (κ1) is 21.2. The molecule has 0 fully saturated rings. The van der Waals surface area contributed by atoms with Gasteiger partial charge in [0.1, 0.15) is 5.70 Å². The number of thiophene rings is 1. The number of benzene rings is 1. The Bertz CT molecular complexity index is 893. The minimum Gasteiger partial charge on any atom is -0.383 e. The Morgan fingerprint density at radius 2 is 1.59 bits per heavy atom. The summed E-state index contributed by atoms with van der Waals surface area (Å²) in [5, 5.41) is 1.91. The second kappa shape index (κ2) is 9.35. The first-order chi connectivity index (χ1) is 14.0. The molecular formula is C22H26N2O4S. The van der Waals surface area contributed by atoms with E-state index in [2.05, 4.69) is 0 Å². The lowest BCUT2D eigenvalue weighted by Crippen LogP contribution is -2.37. The minimum absolute atomic E-state index is 0.294. The molecule has 2 amide bonds. The lowest BCUT2D eigenvalue weighted by atomic mass is 10.1. The van der Waals surface area contributed by atoms with Crippen LogP contribution in [0.3, 0.4) is 0 Å². The number of anilines is 1. The molecule has 1 aliphatic rings. The normalized spacial score (nSPS) is 14.3. The van der Waals surface area contributed by atoms with Crippen molar-refractivity contribution >= 4 is 34.4 Å². The van der Waals surface area contributed by atoms with Crippen LogP contribution in [0.25, 0.3) is 5.57 Å². The van der Waals surface area contributed by atoms with Gasteiger partial charge in [-0.25, -0.2) is 4.90 Å². The van der Waals surface area contributed by atoms with Gasteiger partial charge in [0.15, 0.2) is 0 Å². The highest BCUT2D eigenvalue weighted by Gasteiger charge is 2.42. The van der Waals surface area contributed by atoms with Crippen molar-refractivity contribution in [2.24, 2.45) is 0 Å². The fourth-order valence-corrected chi connectivity index (χ4v) is 4.27. The Morgan fingerprint density at radius 3 is 2.10 bits per heavy atom. The van der Waals surface area contributed by atoms with Crippen LogP contribution in [0.2, 0.25) is 0 Å². The van der Waals surface area contributed by atoms with Crippen LogP contribution in [-0.4, -0.2) is 57.2 Å². The molecule has 1 aliphatic heterocycles. The van der Waals surface area contributed by atoms with Gasteiger partial charge < -0.3 is 14.4 Å². The Labute approximate surface area is 175 Å². The standard InChI is InChI=1S/C22H26N2O4S/c1-15-12-16(2)14-17(13-15)24-21(25)19(18-6-5-11-29-18)20(22(24)26)23(7-9-27-3)8-10-28-4/h5-6,11-14H,7-10H2,1-4H3. The summed E-state index contributed by atoms with van der Waals surface area (Å²) in [6.07, 6.45) is 0. The van der Waals surface area contributed by atoms with Crippen molar-refractivity contribution < 1.29 is 19.1 Å². The van der Waals surface area contributed by atoms with Gasteiger partial charge in [-0.15, -0.1) is 11.3 Å². The molecule has 2 heterocycles. The SMILES string of the molecule is COCCN(CCOC)C1=C(c2cccs2)C(=O)N(c2cc(C)cc(C)c2)C1=O. The third-order valence-corrected chi connectivity index (χ3v) is 5.63. The first-order valence-corrected chi connectivity index (χ1v) is 10.3. The van der Waals surface area contributed by atoms with Gasteiger partial charge in [-0.1, -0.05) is 12.1 Å². The maximum atomic E-state index is 13.5. The van der Waals surface area contributed by atoms with Crippen LogP contribution in [0.5, 0.6) is 0 Å². The number of ether oxygens (including phenoxy) is 2. The molecule has 0 saturated heterocycles. The van der Waals surface area contributed by atoms with Gasteiger partial charge in [0, 0.05) is 32.2 Å². The maximum Gasteiger partial charge on any atom is 0.282 e. The molecular weight excluding hydrogens is 388 g/mol. The number of nitrogens with zero attached hydrogens (tertiary/aromatic N) is 2. The molecule has 0 N–H and O–H groups in total. The van der Waals surface area contributed by atoms with E-state index >= 15 is 0 Å². The number of hydrogen-bond acceptors (Lipinski definition) is 6. The molecule has 0 unspecified atom stereocenters. The van der Waals surface area contributed by atoms with Crippen molar-refractivity contribution in [2.45, 2.75) is 13.8 Å². The van der Waals surface area contributed by atoms with Crippen LogP contribution in [0.15, 0.2) is 41.4 Å². The largest absolute Gasteiger partial charge is 0.383 e. The third-order valence-electron chi connectivity index (χ3n) is 4.74. The summed E-state index contributed by atoms with van der Waals surface area (Å²) in [6, 6.07) is 9.52. The molecule has 0 radical (unpaired) electrons. The van der Waals surface area contributed by atoms with Crippen LogP contribution in [0.1, 0.15) is 16.0 Å². The lowest BCUT2D eigenvalue weighted by Gasteiger charge is -2.25. The summed E-state index contributed by atoms with van der Waals surface area (Å²) in [6.45, 7) is 5.78. The lowest BCUT2D eigenvalue weighted by molar-refractivity contribution is -0.120. The molecule has 154 valence electrons. The summed E-state index contributed by atoms with van der Waals surface area (Å²) in [4.78, 5) is 31.0. The molecule has 29 heavy (non-hydrogen) atoms. The van der Waals surface area contributed by atoms with Crippen molar-refractivity contribution in [1.29, 1.82) is 0 Å². The fourth-order valence-electron chi connectivity index (χ4n) is 3.51. The molecule has 2 aromatic rings. The number of aryl methyl sites for hydroxylation is 2. The van der Waals surface area contributed by atoms with E-state index < -0.39 is 0 Å². The van der Waals surface area contributed by atoms with E-state index in [-0.39, 0.29) is 11.8 Å². The number of amides is 2. The average Bonchev–Trinajstić information content (AvgIpc) is 3.27. The van der Waals surface area contributed by atoms with E-state index in [9.17, 15) is 9.59 Å². The number of carbonyl (C=O) groups is 2. The number of carbonyl (C=O) groups excluding carboxylic acids is 2. The molecule has 0 aliphatic carbocycles. The zero-order valence-corrected chi connectivity index (χ0v) is 18.0. The molecule has 0 saturated carbocycles. The smallest absolute Gasteiger partial charge is 0.282 e. The van der Waals surface area contributed by atoms with Gasteiger partial charge in [0.2, 0.25) is 0 Å². The monoisotopic (exact) mass is 414 g/mol. The summed E-state index contributed by atoms with van der Waals surface area (Å²) in [5.74, 6) is -0.604. The highest BCUT2D eigenvalue weighted by atomic mass is 32.1. The molecule has 0 spiro atoms. The van der Waals surface area contributed by atoms with E-state index in [0.29, 0.717) is 43.3 Å². The summed E-state index contributed by atoms with van der Waals surface area (Å²) < 4.78 is 10.5. The second-order valence-corrected chi connectivity index (χ2v) is 7.91. The van der Waals surface area contributed by atoms with Crippen LogP contribution in [0.4, 0.5) is 5.69 Å². The van der Waals surface area contributed by atoms with E-state index in [1.54, 1.807) is 14.2 Å². The van der Waals surface area contributed by atoms with Gasteiger partial charge in [-0.05, 0) is 48.6 Å². The molecule has 3 rings (SSSR count). The Morgan fingerprint density at radius 1 is 0.966 bits per heavy atom. The third kappa shape index (κ3) is 4.42. The topological polar surface area (TPSA) is 59.1 Å². The molecule has 0 atom stereocenters. The predicted octanol–water partition coefficient (Wildman–Crippen LogP) is 3.24. The van der Waals surface area contributed by atoms with E-state index in [1.807, 2.05) is 54.5 Å². The van der Waals surface area contributed by atoms with Crippen molar-refractivity contribution in [3.05, 3.63) is 57.4 Å². The first-order valence-electron chi connectivity index (χ1n) is 9.46. The molecule has 7 heteroatoms. The Kier molecular flexibility index (Phi) is 6.84. The quantitative estimate of drug-likeness (QED) is 0.590. The highest BCUT2D eigenvalue weighted by molar-refractivity contribution is 7.11. The number of methoxy groups -OCH3 is 2. The molecule has 6 nitrogen and oxygen atoms in total. The maximum absolute atomic E-state index is 13.5. The second-order valence-electron chi connectivity index (χ2n) is 6.97. The molecule has 0 bridgehead atoms. The summed E-state index contributed by atoms with van der Waals surface area (Å²) >= 11 is 1.45. The van der Waals surface area contributed by atoms with E-state index in [1.165, 1.54) is 16.2 Å². The van der Waals surface area contributed by atoms with Crippen molar-refractivity contribution in [3.63, 3.8) is 0 Å².